The second-order valence-corrected chi connectivity index (χ2v) is 8.24. The molecule has 0 aliphatic carbocycles. The largest absolute Gasteiger partial charge is 0.507 e. The van der Waals surface area contributed by atoms with Crippen molar-refractivity contribution in [3.8, 4) is 0 Å². The molecule has 3 aromatic carbocycles. The molecule has 0 aromatic heterocycles. The molecule has 5 nitrogen and oxygen atoms in total. The van der Waals surface area contributed by atoms with Gasteiger partial charge in [0.05, 0.1) is 11.6 Å². The van der Waals surface area contributed by atoms with E-state index in [0.29, 0.717) is 18.7 Å². The molecule has 1 aliphatic rings. The number of amides is 1. The van der Waals surface area contributed by atoms with Gasteiger partial charge in [-0.25, -0.2) is 0 Å². The van der Waals surface area contributed by atoms with Crippen LogP contribution in [0.5, 0.6) is 0 Å². The Morgan fingerprint density at radius 2 is 1.71 bits per heavy atom. The molecule has 31 heavy (non-hydrogen) atoms. The van der Waals surface area contributed by atoms with Gasteiger partial charge in [-0.15, -0.1) is 0 Å². The van der Waals surface area contributed by atoms with Crippen LogP contribution in [0.1, 0.15) is 22.7 Å². The van der Waals surface area contributed by atoms with Crippen LogP contribution in [0.2, 0.25) is 0 Å². The molecule has 1 saturated heterocycles. The Hall–Kier alpha value is -3.44. The number of benzene rings is 3. The van der Waals surface area contributed by atoms with Crippen LogP contribution in [0.25, 0.3) is 16.5 Å². The molecule has 0 saturated carbocycles. The second kappa shape index (κ2) is 8.36. The molecule has 0 bridgehead atoms. The first-order valence-corrected chi connectivity index (χ1v) is 10.4. The number of carbonyl (C=O) groups excluding carboxylic acids is 2. The lowest BCUT2D eigenvalue weighted by atomic mass is 9.93. The van der Waals surface area contributed by atoms with Crippen LogP contribution >= 0.6 is 0 Å². The number of carbonyl (C=O) groups is 2. The Labute approximate surface area is 182 Å². The molecule has 1 amide bonds. The lowest BCUT2D eigenvalue weighted by Crippen LogP contribution is -2.35. The molecule has 0 radical (unpaired) electrons. The van der Waals surface area contributed by atoms with Gasteiger partial charge in [0.2, 0.25) is 0 Å². The summed E-state index contributed by atoms with van der Waals surface area (Å²) in [4.78, 5) is 29.7. The molecule has 1 unspecified atom stereocenters. The van der Waals surface area contributed by atoms with Gasteiger partial charge in [-0.3, -0.25) is 9.59 Å². The fraction of sp³-hybridized carbons (Fsp3) is 0.231. The summed E-state index contributed by atoms with van der Waals surface area (Å²) in [5.41, 5.74) is 2.55. The molecule has 4 rings (SSSR count). The Bertz CT molecular complexity index is 1190. The van der Waals surface area contributed by atoms with Crippen molar-refractivity contribution in [3.63, 3.8) is 0 Å². The minimum atomic E-state index is -0.643. The summed E-state index contributed by atoms with van der Waals surface area (Å²) in [6.45, 7) is 2.98. The lowest BCUT2D eigenvalue weighted by Gasteiger charge is -2.27. The number of Topliss-reactive ketones (excluding diaryl/α,β-unsaturated/α-hetero) is 1. The molecule has 1 heterocycles. The lowest BCUT2D eigenvalue weighted by molar-refractivity contribution is -0.140. The standard InChI is InChI=1S/C26H26N2O3/c1-17-8-6-11-19(16-17)23-22(25(30)26(31)28(23)15-14-27(2)3)24(29)21-13-7-10-18-9-4-5-12-20(18)21/h4-13,16,23,29H,14-15H2,1-3H3/b24-22-. The van der Waals surface area contributed by atoms with Crippen molar-refractivity contribution in [1.29, 1.82) is 0 Å². The van der Waals surface area contributed by atoms with E-state index in [1.165, 1.54) is 0 Å². The van der Waals surface area contributed by atoms with Crippen molar-refractivity contribution in [2.24, 2.45) is 0 Å². The Kier molecular flexibility index (Phi) is 5.61. The van der Waals surface area contributed by atoms with Gasteiger partial charge in [0.25, 0.3) is 11.7 Å². The van der Waals surface area contributed by atoms with Crippen molar-refractivity contribution in [2.75, 3.05) is 27.2 Å². The second-order valence-electron chi connectivity index (χ2n) is 8.24. The highest BCUT2D eigenvalue weighted by Gasteiger charge is 2.46. The Morgan fingerprint density at radius 3 is 2.45 bits per heavy atom. The number of likely N-dealkylation sites (N-methyl/N-ethyl adjacent to an activating group) is 1. The Morgan fingerprint density at radius 1 is 1.00 bits per heavy atom. The van der Waals surface area contributed by atoms with Crippen molar-refractivity contribution in [3.05, 3.63) is 89.0 Å². The van der Waals surface area contributed by atoms with Crippen LogP contribution in [0, 0.1) is 6.92 Å². The molecular weight excluding hydrogens is 388 g/mol. The topological polar surface area (TPSA) is 60.9 Å². The van der Waals surface area contributed by atoms with Crippen molar-refractivity contribution in [1.82, 2.24) is 9.80 Å². The zero-order valence-electron chi connectivity index (χ0n) is 18.0. The molecule has 0 spiro atoms. The minimum absolute atomic E-state index is 0.131. The summed E-state index contributed by atoms with van der Waals surface area (Å²) >= 11 is 0. The number of aryl methyl sites for hydroxylation is 1. The van der Waals surface area contributed by atoms with E-state index in [9.17, 15) is 14.7 Å². The summed E-state index contributed by atoms with van der Waals surface area (Å²) in [5, 5.41) is 13.2. The molecule has 1 N–H and O–H groups in total. The SMILES string of the molecule is Cc1cccc(C2/C(=C(/O)c3cccc4ccccc34)C(=O)C(=O)N2CCN(C)C)c1. The number of rotatable bonds is 5. The third-order valence-corrected chi connectivity index (χ3v) is 5.73. The van der Waals surface area contributed by atoms with Gasteiger partial charge < -0.3 is 14.9 Å². The number of hydrogen-bond acceptors (Lipinski definition) is 4. The number of likely N-dealkylation sites (tertiary alicyclic amines) is 1. The monoisotopic (exact) mass is 414 g/mol. The van der Waals surface area contributed by atoms with Crippen LogP contribution < -0.4 is 0 Å². The number of aliphatic hydroxyl groups excluding tert-OH is 1. The molecule has 1 fully saturated rings. The summed E-state index contributed by atoms with van der Waals surface area (Å²) in [6.07, 6.45) is 0. The molecule has 3 aromatic rings. The maximum Gasteiger partial charge on any atom is 0.295 e. The van der Waals surface area contributed by atoms with Gasteiger partial charge in [-0.1, -0.05) is 72.3 Å². The average molecular weight is 415 g/mol. The quantitative estimate of drug-likeness (QED) is 0.387. The molecular formula is C26H26N2O3. The van der Waals surface area contributed by atoms with Gasteiger partial charge in [-0.05, 0) is 37.4 Å². The Balaban J connectivity index is 1.92. The van der Waals surface area contributed by atoms with Crippen molar-refractivity contribution in [2.45, 2.75) is 13.0 Å². The minimum Gasteiger partial charge on any atom is -0.507 e. The van der Waals surface area contributed by atoms with Gasteiger partial charge >= 0.3 is 0 Å². The van der Waals surface area contributed by atoms with Gasteiger partial charge in [0, 0.05) is 18.7 Å². The van der Waals surface area contributed by atoms with E-state index in [-0.39, 0.29) is 11.3 Å². The predicted molar refractivity (Wildman–Crippen MR) is 123 cm³/mol. The van der Waals surface area contributed by atoms with Crippen LogP contribution in [-0.2, 0) is 9.59 Å². The summed E-state index contributed by atoms with van der Waals surface area (Å²) < 4.78 is 0. The first-order chi connectivity index (χ1) is 14.9. The third-order valence-electron chi connectivity index (χ3n) is 5.73. The fourth-order valence-electron chi connectivity index (χ4n) is 4.18. The summed E-state index contributed by atoms with van der Waals surface area (Å²) in [5.74, 6) is -1.35. The number of nitrogens with zero attached hydrogens (tertiary/aromatic N) is 2. The van der Waals surface area contributed by atoms with E-state index in [0.717, 1.165) is 21.9 Å². The van der Waals surface area contributed by atoms with Gasteiger partial charge in [-0.2, -0.15) is 0 Å². The zero-order valence-corrected chi connectivity index (χ0v) is 18.0. The fourth-order valence-corrected chi connectivity index (χ4v) is 4.18. The highest BCUT2D eigenvalue weighted by Crippen LogP contribution is 2.40. The van der Waals surface area contributed by atoms with Crippen molar-refractivity contribution < 1.29 is 14.7 Å². The maximum atomic E-state index is 13.2. The maximum absolute atomic E-state index is 13.2. The number of ketones is 1. The smallest absolute Gasteiger partial charge is 0.295 e. The van der Waals surface area contributed by atoms with Gasteiger partial charge in [0.15, 0.2) is 0 Å². The van der Waals surface area contributed by atoms with Crippen LogP contribution in [0.3, 0.4) is 0 Å². The number of fused-ring (bicyclic) bond motifs is 1. The number of aliphatic hydroxyl groups is 1. The van der Waals surface area contributed by atoms with Gasteiger partial charge in [0.1, 0.15) is 5.76 Å². The highest BCUT2D eigenvalue weighted by molar-refractivity contribution is 6.46. The van der Waals surface area contributed by atoms with E-state index < -0.39 is 17.7 Å². The highest BCUT2D eigenvalue weighted by atomic mass is 16.3. The zero-order chi connectivity index (χ0) is 22.1. The van der Waals surface area contributed by atoms with E-state index in [1.807, 2.05) is 86.6 Å². The first kappa shape index (κ1) is 20.8. The van der Waals surface area contributed by atoms with E-state index in [1.54, 1.807) is 11.0 Å². The normalized spacial score (nSPS) is 18.3. The summed E-state index contributed by atoms with van der Waals surface area (Å²) in [6, 6.07) is 20.4. The van der Waals surface area contributed by atoms with Crippen LogP contribution in [0.15, 0.2) is 72.3 Å². The van der Waals surface area contributed by atoms with Crippen molar-refractivity contribution >= 4 is 28.2 Å². The molecule has 5 heteroatoms. The predicted octanol–water partition coefficient (Wildman–Crippen LogP) is 4.13. The molecule has 158 valence electrons. The van der Waals surface area contributed by atoms with E-state index >= 15 is 0 Å². The van der Waals surface area contributed by atoms with Crippen LogP contribution in [-0.4, -0.2) is 53.8 Å². The first-order valence-electron chi connectivity index (χ1n) is 10.4. The third kappa shape index (κ3) is 3.84. The van der Waals surface area contributed by atoms with E-state index in [2.05, 4.69) is 0 Å². The van der Waals surface area contributed by atoms with E-state index in [4.69, 9.17) is 0 Å². The molecule has 1 aliphatic heterocycles. The number of hydrogen-bond donors (Lipinski definition) is 1. The summed E-state index contributed by atoms with van der Waals surface area (Å²) in [7, 11) is 3.85. The van der Waals surface area contributed by atoms with Crippen LogP contribution in [0.4, 0.5) is 0 Å². The average Bonchev–Trinajstić information content (AvgIpc) is 3.01. The molecule has 1 atom stereocenters.